The van der Waals surface area contributed by atoms with E-state index in [-0.39, 0.29) is 5.82 Å². The van der Waals surface area contributed by atoms with Crippen LogP contribution in [0.1, 0.15) is 0 Å². The Morgan fingerprint density at radius 2 is 2.12 bits per heavy atom. The summed E-state index contributed by atoms with van der Waals surface area (Å²) < 4.78 is 18.5. The molecule has 3 N–H and O–H groups in total. The highest BCUT2D eigenvalue weighted by Gasteiger charge is 2.07. The molecule has 0 saturated heterocycles. The quantitative estimate of drug-likeness (QED) is 0.746. The first kappa shape index (κ1) is 12.6. The van der Waals surface area contributed by atoms with E-state index in [1.54, 1.807) is 6.07 Å². The maximum atomic E-state index is 13.5. The molecule has 1 aromatic carbocycles. The van der Waals surface area contributed by atoms with Crippen molar-refractivity contribution in [3.8, 4) is 5.75 Å². The maximum Gasteiger partial charge on any atom is 0.148 e. The Balaban J connectivity index is 2.72. The standard InChI is InChI=1S/C11H18FN3O/c1-15(2)5-4-14-10-7-11(16-3)9(13)6-8(10)12/h6-7,14H,4-5,13H2,1-3H3. The summed E-state index contributed by atoms with van der Waals surface area (Å²) in [5.41, 5.74) is 6.29. The molecule has 1 rings (SSSR count). The van der Waals surface area contributed by atoms with E-state index >= 15 is 0 Å². The molecule has 0 aliphatic heterocycles. The van der Waals surface area contributed by atoms with Gasteiger partial charge in [-0.25, -0.2) is 4.39 Å². The molecule has 0 unspecified atom stereocenters. The van der Waals surface area contributed by atoms with Crippen LogP contribution in [0.15, 0.2) is 12.1 Å². The number of benzene rings is 1. The molecule has 0 saturated carbocycles. The second-order valence-corrected chi connectivity index (χ2v) is 3.80. The van der Waals surface area contributed by atoms with Crippen LogP contribution in [0.4, 0.5) is 15.8 Å². The molecule has 0 bridgehead atoms. The van der Waals surface area contributed by atoms with E-state index in [2.05, 4.69) is 5.32 Å². The number of hydrogen-bond donors (Lipinski definition) is 2. The largest absolute Gasteiger partial charge is 0.495 e. The van der Waals surface area contributed by atoms with Crippen molar-refractivity contribution in [2.75, 3.05) is 45.3 Å². The van der Waals surface area contributed by atoms with E-state index in [0.717, 1.165) is 6.54 Å². The van der Waals surface area contributed by atoms with E-state index in [9.17, 15) is 4.39 Å². The Kier molecular flexibility index (Phi) is 4.37. The van der Waals surface area contributed by atoms with Gasteiger partial charge in [0.25, 0.3) is 0 Å². The number of anilines is 2. The Morgan fingerprint density at radius 3 is 2.69 bits per heavy atom. The molecule has 0 spiro atoms. The van der Waals surface area contributed by atoms with Crippen LogP contribution in [-0.2, 0) is 0 Å². The third-order valence-corrected chi connectivity index (χ3v) is 2.19. The van der Waals surface area contributed by atoms with Crippen molar-refractivity contribution in [3.05, 3.63) is 17.9 Å². The number of nitrogens with two attached hydrogens (primary N) is 1. The molecule has 0 aromatic heterocycles. The number of methoxy groups -OCH3 is 1. The second-order valence-electron chi connectivity index (χ2n) is 3.80. The fourth-order valence-electron chi connectivity index (χ4n) is 1.30. The summed E-state index contributed by atoms with van der Waals surface area (Å²) >= 11 is 0. The molecule has 90 valence electrons. The minimum absolute atomic E-state index is 0.304. The van der Waals surface area contributed by atoms with Crippen LogP contribution in [-0.4, -0.2) is 39.2 Å². The zero-order valence-corrected chi connectivity index (χ0v) is 9.88. The van der Waals surface area contributed by atoms with Gasteiger partial charge in [0.15, 0.2) is 0 Å². The molecule has 0 fully saturated rings. The molecule has 0 radical (unpaired) electrons. The number of likely N-dealkylation sites (N-methyl/N-ethyl adjacent to an activating group) is 1. The molecule has 1 aromatic rings. The maximum absolute atomic E-state index is 13.5. The summed E-state index contributed by atoms with van der Waals surface area (Å²) in [6.45, 7) is 1.49. The van der Waals surface area contributed by atoms with Crippen LogP contribution < -0.4 is 15.8 Å². The van der Waals surface area contributed by atoms with Gasteiger partial charge in [0.05, 0.1) is 18.5 Å². The highest BCUT2D eigenvalue weighted by Crippen LogP contribution is 2.27. The molecule has 0 aliphatic rings. The SMILES string of the molecule is COc1cc(NCCN(C)C)c(F)cc1N. The van der Waals surface area contributed by atoms with Gasteiger partial charge in [0, 0.05) is 25.2 Å². The molecule has 16 heavy (non-hydrogen) atoms. The number of rotatable bonds is 5. The van der Waals surface area contributed by atoms with Crippen LogP contribution in [0.2, 0.25) is 0 Å². The van der Waals surface area contributed by atoms with Crippen LogP contribution in [0.3, 0.4) is 0 Å². The fourth-order valence-corrected chi connectivity index (χ4v) is 1.30. The van der Waals surface area contributed by atoms with E-state index in [0.29, 0.717) is 23.7 Å². The van der Waals surface area contributed by atoms with Gasteiger partial charge in [-0.05, 0) is 14.1 Å². The third kappa shape index (κ3) is 3.27. The predicted molar refractivity (Wildman–Crippen MR) is 64.4 cm³/mol. The summed E-state index contributed by atoms with van der Waals surface area (Å²) in [5.74, 6) is 0.116. The number of ether oxygens (including phenoxy) is 1. The van der Waals surface area contributed by atoms with Gasteiger partial charge in [0.2, 0.25) is 0 Å². The topological polar surface area (TPSA) is 50.5 Å². The molecule has 0 atom stereocenters. The number of nitrogens with one attached hydrogen (secondary N) is 1. The smallest absolute Gasteiger partial charge is 0.148 e. The van der Waals surface area contributed by atoms with Gasteiger partial charge in [0.1, 0.15) is 11.6 Å². The average Bonchev–Trinajstić information content (AvgIpc) is 2.20. The first-order valence-corrected chi connectivity index (χ1v) is 5.06. The summed E-state index contributed by atoms with van der Waals surface area (Å²) in [5, 5.41) is 2.99. The van der Waals surface area contributed by atoms with E-state index in [1.807, 2.05) is 19.0 Å². The van der Waals surface area contributed by atoms with Gasteiger partial charge in [-0.1, -0.05) is 0 Å². The summed E-state index contributed by atoms with van der Waals surface area (Å²) in [4.78, 5) is 2.01. The number of nitrogen functional groups attached to an aromatic ring is 1. The molecular weight excluding hydrogens is 209 g/mol. The second kappa shape index (κ2) is 5.55. The van der Waals surface area contributed by atoms with Gasteiger partial charge in [-0.2, -0.15) is 0 Å². The van der Waals surface area contributed by atoms with Crippen LogP contribution in [0.25, 0.3) is 0 Å². The van der Waals surface area contributed by atoms with Gasteiger partial charge >= 0.3 is 0 Å². The van der Waals surface area contributed by atoms with E-state index < -0.39 is 0 Å². The first-order valence-electron chi connectivity index (χ1n) is 5.06. The Morgan fingerprint density at radius 1 is 1.44 bits per heavy atom. The van der Waals surface area contributed by atoms with Crippen molar-refractivity contribution in [1.29, 1.82) is 0 Å². The fraction of sp³-hybridized carbons (Fsp3) is 0.455. The van der Waals surface area contributed by atoms with Crippen molar-refractivity contribution >= 4 is 11.4 Å². The van der Waals surface area contributed by atoms with Crippen LogP contribution in [0, 0.1) is 5.82 Å². The Labute approximate surface area is 95.2 Å². The van der Waals surface area contributed by atoms with Gasteiger partial charge < -0.3 is 20.7 Å². The molecular formula is C11H18FN3O. The first-order chi connectivity index (χ1) is 7.54. The van der Waals surface area contributed by atoms with Crippen molar-refractivity contribution in [2.24, 2.45) is 0 Å². The highest BCUT2D eigenvalue weighted by atomic mass is 19.1. The van der Waals surface area contributed by atoms with Crippen LogP contribution >= 0.6 is 0 Å². The van der Waals surface area contributed by atoms with Crippen molar-refractivity contribution in [3.63, 3.8) is 0 Å². The Hall–Kier alpha value is -1.49. The lowest BCUT2D eigenvalue weighted by Gasteiger charge is -2.13. The minimum Gasteiger partial charge on any atom is -0.495 e. The van der Waals surface area contributed by atoms with Crippen molar-refractivity contribution < 1.29 is 9.13 Å². The lowest BCUT2D eigenvalue weighted by atomic mass is 10.2. The minimum atomic E-state index is -0.364. The third-order valence-electron chi connectivity index (χ3n) is 2.19. The van der Waals surface area contributed by atoms with Gasteiger partial charge in [-0.15, -0.1) is 0 Å². The summed E-state index contributed by atoms with van der Waals surface area (Å²) in [6, 6.07) is 2.83. The molecule has 0 aliphatic carbocycles. The highest BCUT2D eigenvalue weighted by molar-refractivity contribution is 5.62. The monoisotopic (exact) mass is 227 g/mol. The number of hydrogen-bond acceptors (Lipinski definition) is 4. The predicted octanol–water partition coefficient (Wildman–Crippen LogP) is 1.39. The zero-order valence-electron chi connectivity index (χ0n) is 9.88. The van der Waals surface area contributed by atoms with Crippen molar-refractivity contribution in [1.82, 2.24) is 4.90 Å². The summed E-state index contributed by atoms with van der Waals surface area (Å²) in [7, 11) is 5.43. The van der Waals surface area contributed by atoms with Crippen molar-refractivity contribution in [2.45, 2.75) is 0 Å². The molecule has 5 heteroatoms. The van der Waals surface area contributed by atoms with E-state index in [1.165, 1.54) is 13.2 Å². The van der Waals surface area contributed by atoms with Gasteiger partial charge in [-0.3, -0.25) is 0 Å². The van der Waals surface area contributed by atoms with Crippen LogP contribution in [0.5, 0.6) is 5.75 Å². The number of nitrogens with zero attached hydrogens (tertiary/aromatic N) is 1. The molecule has 0 heterocycles. The molecule has 0 amide bonds. The normalized spacial score (nSPS) is 10.6. The Bertz CT molecular complexity index is 355. The lowest BCUT2D eigenvalue weighted by Crippen LogP contribution is -2.21. The average molecular weight is 227 g/mol. The molecule has 4 nitrogen and oxygen atoms in total. The van der Waals surface area contributed by atoms with E-state index in [4.69, 9.17) is 10.5 Å². The number of halogens is 1. The lowest BCUT2D eigenvalue weighted by molar-refractivity contribution is 0.415. The zero-order chi connectivity index (χ0) is 12.1. The summed E-state index contributed by atoms with van der Waals surface area (Å²) in [6.07, 6.45) is 0.